The summed E-state index contributed by atoms with van der Waals surface area (Å²) >= 11 is 0. The molecule has 14 heavy (non-hydrogen) atoms. The van der Waals surface area contributed by atoms with E-state index in [0.717, 1.165) is 18.6 Å². The first-order chi connectivity index (χ1) is 6.68. The standard InChI is InChI=1S/C12H17NO/c1-8(2)14-11-5-3-4-9-6-7-10(13)12(9)11/h3-5,8,10H,6-7,13H2,1-2H3/t10-/m1/s1. The van der Waals surface area contributed by atoms with E-state index in [0.29, 0.717) is 0 Å². The molecule has 1 aromatic rings. The van der Waals surface area contributed by atoms with Gasteiger partial charge >= 0.3 is 0 Å². The Morgan fingerprint density at radius 1 is 1.43 bits per heavy atom. The third-order valence-corrected chi connectivity index (χ3v) is 2.61. The fraction of sp³-hybridized carbons (Fsp3) is 0.500. The lowest BCUT2D eigenvalue weighted by Gasteiger charge is -2.15. The van der Waals surface area contributed by atoms with Crippen molar-refractivity contribution in [3.05, 3.63) is 29.3 Å². The Hall–Kier alpha value is -1.02. The van der Waals surface area contributed by atoms with Gasteiger partial charge in [0.05, 0.1) is 6.10 Å². The molecule has 76 valence electrons. The first-order valence-corrected chi connectivity index (χ1v) is 5.22. The van der Waals surface area contributed by atoms with Crippen LogP contribution in [0, 0.1) is 0 Å². The molecule has 2 N–H and O–H groups in total. The van der Waals surface area contributed by atoms with Gasteiger partial charge in [0.2, 0.25) is 0 Å². The second-order valence-corrected chi connectivity index (χ2v) is 4.14. The molecule has 0 spiro atoms. The van der Waals surface area contributed by atoms with Gasteiger partial charge in [0.25, 0.3) is 0 Å². The quantitative estimate of drug-likeness (QED) is 0.779. The maximum atomic E-state index is 6.04. The molecule has 2 rings (SSSR count). The van der Waals surface area contributed by atoms with Crippen molar-refractivity contribution in [1.82, 2.24) is 0 Å². The Labute approximate surface area is 85.1 Å². The van der Waals surface area contributed by atoms with E-state index in [9.17, 15) is 0 Å². The number of nitrogens with two attached hydrogens (primary N) is 1. The van der Waals surface area contributed by atoms with Crippen LogP contribution in [0.15, 0.2) is 18.2 Å². The summed E-state index contributed by atoms with van der Waals surface area (Å²) in [7, 11) is 0. The Morgan fingerprint density at radius 3 is 2.93 bits per heavy atom. The van der Waals surface area contributed by atoms with Crippen molar-refractivity contribution >= 4 is 0 Å². The van der Waals surface area contributed by atoms with Gasteiger partial charge in [-0.25, -0.2) is 0 Å². The van der Waals surface area contributed by atoms with Crippen LogP contribution in [0.2, 0.25) is 0 Å². The zero-order valence-electron chi connectivity index (χ0n) is 8.79. The average Bonchev–Trinajstić information content (AvgIpc) is 2.48. The summed E-state index contributed by atoms with van der Waals surface area (Å²) in [5.74, 6) is 0.975. The molecule has 0 amide bonds. The number of rotatable bonds is 2. The lowest BCUT2D eigenvalue weighted by molar-refractivity contribution is 0.239. The van der Waals surface area contributed by atoms with Crippen molar-refractivity contribution in [1.29, 1.82) is 0 Å². The predicted molar refractivity (Wildman–Crippen MR) is 57.5 cm³/mol. The van der Waals surface area contributed by atoms with E-state index in [1.807, 2.05) is 19.9 Å². The molecule has 0 bridgehead atoms. The van der Waals surface area contributed by atoms with Gasteiger partial charge in [-0.1, -0.05) is 12.1 Å². The van der Waals surface area contributed by atoms with Crippen LogP contribution in [-0.4, -0.2) is 6.10 Å². The molecule has 0 aromatic heterocycles. The molecule has 0 fully saturated rings. The van der Waals surface area contributed by atoms with Crippen LogP contribution in [0.5, 0.6) is 5.75 Å². The molecular formula is C12H17NO. The monoisotopic (exact) mass is 191 g/mol. The van der Waals surface area contributed by atoms with Crippen LogP contribution in [0.25, 0.3) is 0 Å². The van der Waals surface area contributed by atoms with Gasteiger partial charge in [-0.3, -0.25) is 0 Å². The second kappa shape index (κ2) is 3.62. The molecule has 0 radical (unpaired) electrons. The van der Waals surface area contributed by atoms with E-state index in [4.69, 9.17) is 10.5 Å². The average molecular weight is 191 g/mol. The molecule has 0 aliphatic heterocycles. The van der Waals surface area contributed by atoms with Gasteiger partial charge in [0.15, 0.2) is 0 Å². The van der Waals surface area contributed by atoms with E-state index in [-0.39, 0.29) is 12.1 Å². The Balaban J connectivity index is 2.36. The lowest BCUT2D eigenvalue weighted by Crippen LogP contribution is -2.11. The summed E-state index contributed by atoms with van der Waals surface area (Å²) < 4.78 is 5.75. The molecule has 1 aromatic carbocycles. The minimum Gasteiger partial charge on any atom is -0.491 e. The largest absolute Gasteiger partial charge is 0.491 e. The Kier molecular flexibility index (Phi) is 2.46. The second-order valence-electron chi connectivity index (χ2n) is 4.14. The van der Waals surface area contributed by atoms with Crippen molar-refractivity contribution in [3.63, 3.8) is 0 Å². The fourth-order valence-corrected chi connectivity index (χ4v) is 2.04. The lowest BCUT2D eigenvalue weighted by atomic mass is 10.1. The molecule has 0 saturated carbocycles. The fourth-order valence-electron chi connectivity index (χ4n) is 2.04. The third-order valence-electron chi connectivity index (χ3n) is 2.61. The van der Waals surface area contributed by atoms with E-state index in [1.165, 1.54) is 11.1 Å². The van der Waals surface area contributed by atoms with Crippen molar-refractivity contribution in [3.8, 4) is 5.75 Å². The molecule has 2 heteroatoms. The van der Waals surface area contributed by atoms with Crippen LogP contribution in [0.4, 0.5) is 0 Å². The van der Waals surface area contributed by atoms with Crippen molar-refractivity contribution in [2.24, 2.45) is 5.73 Å². The van der Waals surface area contributed by atoms with E-state index in [1.54, 1.807) is 0 Å². The van der Waals surface area contributed by atoms with Crippen LogP contribution >= 0.6 is 0 Å². The molecule has 0 heterocycles. The topological polar surface area (TPSA) is 35.2 Å². The molecule has 1 aliphatic carbocycles. The molecular weight excluding hydrogens is 174 g/mol. The molecule has 1 atom stereocenters. The highest BCUT2D eigenvalue weighted by molar-refractivity contribution is 5.45. The minimum absolute atomic E-state index is 0.167. The SMILES string of the molecule is CC(C)Oc1cccc2c1[C@H](N)CC2. The zero-order valence-corrected chi connectivity index (χ0v) is 8.79. The normalized spacial score (nSPS) is 19.9. The number of hydrogen-bond acceptors (Lipinski definition) is 2. The summed E-state index contributed by atoms with van der Waals surface area (Å²) in [5.41, 5.74) is 8.62. The highest BCUT2D eigenvalue weighted by Gasteiger charge is 2.23. The number of fused-ring (bicyclic) bond motifs is 1. The van der Waals surface area contributed by atoms with Gasteiger partial charge < -0.3 is 10.5 Å². The van der Waals surface area contributed by atoms with Crippen molar-refractivity contribution in [2.75, 3.05) is 0 Å². The third kappa shape index (κ3) is 1.62. The highest BCUT2D eigenvalue weighted by atomic mass is 16.5. The van der Waals surface area contributed by atoms with Crippen LogP contribution in [0.1, 0.15) is 37.4 Å². The van der Waals surface area contributed by atoms with Gasteiger partial charge in [-0.15, -0.1) is 0 Å². The highest BCUT2D eigenvalue weighted by Crippen LogP contribution is 2.36. The first kappa shape index (κ1) is 9.53. The molecule has 0 saturated heterocycles. The van der Waals surface area contributed by atoms with Gasteiger partial charge in [-0.05, 0) is 38.3 Å². The van der Waals surface area contributed by atoms with E-state index in [2.05, 4.69) is 12.1 Å². The predicted octanol–water partition coefficient (Wildman–Crippen LogP) is 2.42. The molecule has 0 unspecified atom stereocenters. The summed E-state index contributed by atoms with van der Waals surface area (Å²) in [6, 6.07) is 6.38. The smallest absolute Gasteiger partial charge is 0.124 e. The number of ether oxygens (including phenoxy) is 1. The first-order valence-electron chi connectivity index (χ1n) is 5.22. The van der Waals surface area contributed by atoms with Crippen molar-refractivity contribution < 1.29 is 4.74 Å². The zero-order chi connectivity index (χ0) is 10.1. The van der Waals surface area contributed by atoms with Crippen LogP contribution < -0.4 is 10.5 Å². The van der Waals surface area contributed by atoms with Crippen LogP contribution in [0.3, 0.4) is 0 Å². The van der Waals surface area contributed by atoms with Gasteiger partial charge in [0.1, 0.15) is 5.75 Å². The number of hydrogen-bond donors (Lipinski definition) is 1. The summed E-state index contributed by atoms with van der Waals surface area (Å²) in [6.07, 6.45) is 2.36. The summed E-state index contributed by atoms with van der Waals surface area (Å²) in [4.78, 5) is 0. The number of aryl methyl sites for hydroxylation is 1. The van der Waals surface area contributed by atoms with Gasteiger partial charge in [0, 0.05) is 11.6 Å². The summed E-state index contributed by atoms with van der Waals surface area (Å²) in [6.45, 7) is 4.08. The van der Waals surface area contributed by atoms with E-state index >= 15 is 0 Å². The minimum atomic E-state index is 0.167. The maximum Gasteiger partial charge on any atom is 0.124 e. The van der Waals surface area contributed by atoms with Crippen LogP contribution in [-0.2, 0) is 6.42 Å². The Morgan fingerprint density at radius 2 is 2.21 bits per heavy atom. The van der Waals surface area contributed by atoms with Crippen molar-refractivity contribution in [2.45, 2.75) is 38.8 Å². The molecule has 1 aliphatic rings. The molecule has 2 nitrogen and oxygen atoms in total. The Bertz CT molecular complexity index is 333. The van der Waals surface area contributed by atoms with E-state index < -0.39 is 0 Å². The summed E-state index contributed by atoms with van der Waals surface area (Å²) in [5, 5.41) is 0. The van der Waals surface area contributed by atoms with Gasteiger partial charge in [-0.2, -0.15) is 0 Å². The number of benzene rings is 1. The maximum absolute atomic E-state index is 6.04.